The minimum absolute atomic E-state index is 0.158. The Balaban J connectivity index is 2.73. The van der Waals surface area contributed by atoms with Crippen LogP contribution in [-0.2, 0) is 4.79 Å². The van der Waals surface area contributed by atoms with Gasteiger partial charge >= 0.3 is 5.91 Å². The average molecular weight is 177 g/mol. The molecule has 6 nitrogen and oxygen atoms in total. The molecule has 6 heteroatoms. The molecule has 0 aliphatic carbocycles. The number of aliphatic hydroxyl groups excluding tert-OH is 1. The molecule has 0 aromatic carbocycles. The second-order valence-corrected chi connectivity index (χ2v) is 2.84. The van der Waals surface area contributed by atoms with E-state index in [-0.39, 0.29) is 17.9 Å². The van der Waals surface area contributed by atoms with Gasteiger partial charge in [0.05, 0.1) is 12.6 Å². The van der Waals surface area contributed by atoms with Crippen LogP contribution in [-0.4, -0.2) is 49.9 Å². The first-order chi connectivity index (χ1) is 5.49. The zero-order valence-corrected chi connectivity index (χ0v) is 6.34. The van der Waals surface area contributed by atoms with E-state index in [1.54, 1.807) is 0 Å². The summed E-state index contributed by atoms with van der Waals surface area (Å²) in [5.41, 5.74) is 0. The van der Waals surface area contributed by atoms with Crippen LogP contribution >= 0.6 is 0 Å². The monoisotopic (exact) mass is 177 g/mol. The summed E-state index contributed by atoms with van der Waals surface area (Å²) in [4.78, 5) is 10.9. The van der Waals surface area contributed by atoms with Gasteiger partial charge in [0.15, 0.2) is 0 Å². The molecular weight excluding hydrogens is 166 g/mol. The van der Waals surface area contributed by atoms with Crippen molar-refractivity contribution in [1.29, 1.82) is 0 Å². The Morgan fingerprint density at radius 3 is 2.67 bits per heavy atom. The molecule has 4 N–H and O–H groups in total. The van der Waals surface area contributed by atoms with Crippen LogP contribution in [0.1, 0.15) is 12.8 Å². The third-order valence-electron chi connectivity index (χ3n) is 1.93. The van der Waals surface area contributed by atoms with Gasteiger partial charge in [0.1, 0.15) is 0 Å². The minimum Gasteiger partial charge on any atom is -0.394 e. The minimum atomic E-state index is -2.49. The molecule has 1 saturated heterocycles. The zero-order valence-electron chi connectivity index (χ0n) is 6.34. The lowest BCUT2D eigenvalue weighted by Crippen LogP contribution is -2.57. The third-order valence-corrected chi connectivity index (χ3v) is 1.93. The maximum Gasteiger partial charge on any atom is 0.306 e. The zero-order chi connectivity index (χ0) is 9.35. The van der Waals surface area contributed by atoms with E-state index < -0.39 is 24.3 Å². The maximum atomic E-state index is 10.9. The fourth-order valence-electron chi connectivity index (χ4n) is 1.12. The Morgan fingerprint density at radius 2 is 2.17 bits per heavy atom. The molecule has 1 aliphatic rings. The van der Waals surface area contributed by atoms with Gasteiger partial charge < -0.3 is 15.3 Å². The van der Waals surface area contributed by atoms with Crippen molar-refractivity contribution in [1.82, 2.24) is 5.06 Å². The van der Waals surface area contributed by atoms with Gasteiger partial charge in [-0.3, -0.25) is 10.0 Å². The number of hydrogen-bond donors (Lipinski definition) is 4. The van der Waals surface area contributed by atoms with E-state index in [1.807, 2.05) is 0 Å². The lowest BCUT2D eigenvalue weighted by molar-refractivity contribution is -0.250. The van der Waals surface area contributed by atoms with Gasteiger partial charge in [-0.05, 0) is 6.42 Å². The van der Waals surface area contributed by atoms with Crippen LogP contribution in [0.3, 0.4) is 0 Å². The lowest BCUT2D eigenvalue weighted by atomic mass is 9.99. The summed E-state index contributed by atoms with van der Waals surface area (Å²) in [5.74, 6) is -3.67. The summed E-state index contributed by atoms with van der Waals surface area (Å²) in [6.07, 6.45) is -0.0140. The van der Waals surface area contributed by atoms with Crippen molar-refractivity contribution in [2.45, 2.75) is 24.7 Å². The molecule has 0 aromatic rings. The first-order valence-electron chi connectivity index (χ1n) is 3.57. The van der Waals surface area contributed by atoms with Crippen LogP contribution in [0, 0.1) is 0 Å². The first kappa shape index (κ1) is 9.40. The Labute approximate surface area is 68.6 Å². The second-order valence-electron chi connectivity index (χ2n) is 2.84. The number of carbonyl (C=O) groups is 1. The van der Waals surface area contributed by atoms with Gasteiger partial charge in [0.25, 0.3) is 0 Å². The van der Waals surface area contributed by atoms with Crippen LogP contribution < -0.4 is 0 Å². The molecule has 0 aromatic heterocycles. The smallest absolute Gasteiger partial charge is 0.306 e. The van der Waals surface area contributed by atoms with Gasteiger partial charge in [-0.1, -0.05) is 0 Å². The number of carbonyl (C=O) groups excluding carboxylic acids is 1. The van der Waals surface area contributed by atoms with Crippen molar-refractivity contribution in [3.63, 3.8) is 0 Å². The number of hydroxylamine groups is 2. The molecule has 1 rings (SSSR count). The number of piperidine rings is 1. The van der Waals surface area contributed by atoms with E-state index in [9.17, 15) is 4.79 Å². The van der Waals surface area contributed by atoms with E-state index in [1.165, 1.54) is 0 Å². The van der Waals surface area contributed by atoms with Crippen molar-refractivity contribution in [2.24, 2.45) is 0 Å². The summed E-state index contributed by atoms with van der Waals surface area (Å²) in [5, 5.41) is 35.7. The molecule has 12 heavy (non-hydrogen) atoms. The largest absolute Gasteiger partial charge is 0.394 e. The van der Waals surface area contributed by atoms with Crippen LogP contribution in [0.5, 0.6) is 0 Å². The van der Waals surface area contributed by atoms with Crippen molar-refractivity contribution < 1.29 is 25.3 Å². The lowest BCUT2D eigenvalue weighted by Gasteiger charge is -2.35. The predicted molar refractivity (Wildman–Crippen MR) is 35.9 cm³/mol. The van der Waals surface area contributed by atoms with E-state index in [0.29, 0.717) is 0 Å². The predicted octanol–water partition coefficient (Wildman–Crippen LogP) is -1.96. The van der Waals surface area contributed by atoms with Gasteiger partial charge in [-0.25, -0.2) is 5.06 Å². The molecule has 1 aliphatic heterocycles. The highest BCUT2D eigenvalue weighted by atomic mass is 16.6. The van der Waals surface area contributed by atoms with E-state index in [2.05, 4.69) is 0 Å². The fraction of sp³-hybridized carbons (Fsp3) is 0.833. The highest BCUT2D eigenvalue weighted by molar-refractivity contribution is 5.83. The van der Waals surface area contributed by atoms with Gasteiger partial charge in [0.2, 0.25) is 5.79 Å². The molecule has 0 radical (unpaired) electrons. The summed E-state index contributed by atoms with van der Waals surface area (Å²) in [6, 6.07) is -0.732. The molecule has 0 bridgehead atoms. The summed E-state index contributed by atoms with van der Waals surface area (Å²) in [6.45, 7) is -0.391. The van der Waals surface area contributed by atoms with Crippen molar-refractivity contribution in [3.8, 4) is 0 Å². The average Bonchev–Trinajstić information content (AvgIpc) is 2.01. The molecule has 1 fully saturated rings. The number of nitrogens with zero attached hydrogens (tertiary/aromatic N) is 1. The topological polar surface area (TPSA) is 101 Å². The summed E-state index contributed by atoms with van der Waals surface area (Å²) in [7, 11) is 0. The molecule has 1 amide bonds. The highest BCUT2D eigenvalue weighted by Gasteiger charge is 2.44. The number of hydrogen-bond acceptors (Lipinski definition) is 5. The Hall–Kier alpha value is -0.690. The van der Waals surface area contributed by atoms with Gasteiger partial charge in [-0.15, -0.1) is 0 Å². The quantitative estimate of drug-likeness (QED) is 0.275. The normalized spacial score (nSPS) is 29.2. The van der Waals surface area contributed by atoms with Crippen LogP contribution in [0.25, 0.3) is 0 Å². The molecule has 0 spiro atoms. The molecule has 1 heterocycles. The van der Waals surface area contributed by atoms with Gasteiger partial charge in [-0.2, -0.15) is 0 Å². The number of amides is 1. The van der Waals surface area contributed by atoms with E-state index >= 15 is 0 Å². The van der Waals surface area contributed by atoms with Crippen molar-refractivity contribution in [2.75, 3.05) is 6.61 Å². The Kier molecular flexibility index (Phi) is 2.34. The molecule has 0 saturated carbocycles. The van der Waals surface area contributed by atoms with E-state index in [0.717, 1.165) is 0 Å². The summed E-state index contributed by atoms with van der Waals surface area (Å²) >= 11 is 0. The maximum absolute atomic E-state index is 10.9. The standard InChI is InChI=1S/C6H11NO5/c8-3-4-1-2-6(10,11)5(9)7(4)12/h4,8,10-12H,1-3H2. The van der Waals surface area contributed by atoms with Crippen LogP contribution in [0.4, 0.5) is 0 Å². The highest BCUT2D eigenvalue weighted by Crippen LogP contribution is 2.22. The Morgan fingerprint density at radius 1 is 1.58 bits per heavy atom. The molecule has 70 valence electrons. The number of rotatable bonds is 1. The second kappa shape index (κ2) is 2.98. The van der Waals surface area contributed by atoms with E-state index in [4.69, 9.17) is 20.5 Å². The van der Waals surface area contributed by atoms with Crippen LogP contribution in [0.15, 0.2) is 0 Å². The summed E-state index contributed by atoms with van der Waals surface area (Å²) < 4.78 is 0. The SMILES string of the molecule is O=C1N(O)C(CO)CCC1(O)O. The number of aliphatic hydroxyl groups is 3. The Bertz CT molecular complexity index is 192. The third kappa shape index (κ3) is 1.42. The van der Waals surface area contributed by atoms with Crippen LogP contribution in [0.2, 0.25) is 0 Å². The van der Waals surface area contributed by atoms with Gasteiger partial charge in [0, 0.05) is 6.42 Å². The first-order valence-corrected chi connectivity index (χ1v) is 3.57. The van der Waals surface area contributed by atoms with Crippen molar-refractivity contribution >= 4 is 5.91 Å². The molecular formula is C6H11NO5. The van der Waals surface area contributed by atoms with Crippen molar-refractivity contribution in [3.05, 3.63) is 0 Å². The molecule has 1 unspecified atom stereocenters. The molecule has 1 atom stereocenters. The fourth-order valence-corrected chi connectivity index (χ4v) is 1.12.